The van der Waals surface area contributed by atoms with Gasteiger partial charge >= 0.3 is 0 Å². The van der Waals surface area contributed by atoms with Crippen LogP contribution in [-0.4, -0.2) is 46.4 Å². The summed E-state index contributed by atoms with van der Waals surface area (Å²) in [6.45, 7) is 7.48. The number of anilines is 1. The number of aromatic nitrogens is 2. The van der Waals surface area contributed by atoms with Crippen LogP contribution in [0.15, 0.2) is 0 Å². The Kier molecular flexibility index (Phi) is 3.20. The van der Waals surface area contributed by atoms with Crippen LogP contribution in [0.4, 0.5) is 5.82 Å². The standard InChI is InChI=1S/C8H13ClN4S/c1-2-12-3-5-13(6-4-12)8-7(9)10-14-11-8/h2-6H2,1H3. The molecule has 1 saturated heterocycles. The highest BCUT2D eigenvalue weighted by atomic mass is 35.5. The van der Waals surface area contributed by atoms with E-state index in [-0.39, 0.29) is 0 Å². The van der Waals surface area contributed by atoms with Crippen LogP contribution in [0.5, 0.6) is 0 Å². The minimum atomic E-state index is 0.542. The highest BCUT2D eigenvalue weighted by Crippen LogP contribution is 2.23. The molecule has 14 heavy (non-hydrogen) atoms. The Morgan fingerprint density at radius 2 is 2.00 bits per heavy atom. The Hall–Kier alpha value is -0.390. The molecule has 0 amide bonds. The van der Waals surface area contributed by atoms with Crippen molar-refractivity contribution >= 4 is 29.1 Å². The molecule has 2 heterocycles. The maximum absolute atomic E-state index is 5.92. The molecule has 1 aromatic rings. The van der Waals surface area contributed by atoms with E-state index in [0.717, 1.165) is 38.5 Å². The molecule has 0 saturated carbocycles. The summed E-state index contributed by atoms with van der Waals surface area (Å²) >= 11 is 7.10. The van der Waals surface area contributed by atoms with Crippen LogP contribution in [0, 0.1) is 0 Å². The van der Waals surface area contributed by atoms with Crippen LogP contribution in [0.3, 0.4) is 0 Å². The first-order valence-corrected chi connectivity index (χ1v) is 5.87. The first kappa shape index (κ1) is 10.1. The summed E-state index contributed by atoms with van der Waals surface area (Å²) in [5, 5.41) is 0.542. The van der Waals surface area contributed by atoms with Crippen LogP contribution in [0.1, 0.15) is 6.92 Å². The Balaban J connectivity index is 1.99. The number of rotatable bonds is 2. The van der Waals surface area contributed by atoms with E-state index in [0.29, 0.717) is 5.15 Å². The third-order valence-corrected chi connectivity index (χ3v) is 3.42. The van der Waals surface area contributed by atoms with Gasteiger partial charge in [-0.05, 0) is 6.54 Å². The van der Waals surface area contributed by atoms with Gasteiger partial charge in [0, 0.05) is 26.2 Å². The predicted molar refractivity (Wildman–Crippen MR) is 59.2 cm³/mol. The zero-order chi connectivity index (χ0) is 9.97. The van der Waals surface area contributed by atoms with Gasteiger partial charge in [0.1, 0.15) is 0 Å². The molecule has 78 valence electrons. The van der Waals surface area contributed by atoms with Crippen molar-refractivity contribution in [3.05, 3.63) is 5.15 Å². The van der Waals surface area contributed by atoms with Crippen molar-refractivity contribution in [2.24, 2.45) is 0 Å². The van der Waals surface area contributed by atoms with E-state index in [1.165, 1.54) is 11.7 Å². The fourth-order valence-corrected chi connectivity index (χ4v) is 2.42. The Bertz CT molecular complexity index is 295. The molecule has 0 radical (unpaired) electrons. The Morgan fingerprint density at radius 3 is 2.50 bits per heavy atom. The lowest BCUT2D eigenvalue weighted by molar-refractivity contribution is 0.270. The van der Waals surface area contributed by atoms with Crippen LogP contribution in [0.25, 0.3) is 0 Å². The van der Waals surface area contributed by atoms with E-state index < -0.39 is 0 Å². The molecule has 0 atom stereocenters. The van der Waals surface area contributed by atoms with Crippen molar-refractivity contribution in [3.63, 3.8) is 0 Å². The summed E-state index contributed by atoms with van der Waals surface area (Å²) in [6.07, 6.45) is 0. The third kappa shape index (κ3) is 1.99. The van der Waals surface area contributed by atoms with E-state index in [1.54, 1.807) is 0 Å². The first-order valence-electron chi connectivity index (χ1n) is 4.76. The van der Waals surface area contributed by atoms with Crippen molar-refractivity contribution in [1.29, 1.82) is 0 Å². The lowest BCUT2D eigenvalue weighted by Crippen LogP contribution is -2.46. The predicted octanol–water partition coefficient (Wildman–Crippen LogP) is 1.33. The SMILES string of the molecule is CCN1CCN(c2nsnc2Cl)CC1. The van der Waals surface area contributed by atoms with Crippen molar-refractivity contribution in [2.75, 3.05) is 37.6 Å². The quantitative estimate of drug-likeness (QED) is 0.770. The molecule has 0 unspecified atom stereocenters. The average Bonchev–Trinajstić information content (AvgIpc) is 2.65. The highest BCUT2D eigenvalue weighted by Gasteiger charge is 2.19. The van der Waals surface area contributed by atoms with Crippen LogP contribution < -0.4 is 4.90 Å². The van der Waals surface area contributed by atoms with E-state index in [2.05, 4.69) is 25.5 Å². The molecule has 0 spiro atoms. The van der Waals surface area contributed by atoms with Crippen LogP contribution >= 0.6 is 23.3 Å². The van der Waals surface area contributed by atoms with E-state index in [1.807, 2.05) is 0 Å². The summed E-state index contributed by atoms with van der Waals surface area (Å²) in [6, 6.07) is 0. The number of piperazine rings is 1. The van der Waals surface area contributed by atoms with Gasteiger partial charge < -0.3 is 9.80 Å². The van der Waals surface area contributed by atoms with Gasteiger partial charge in [-0.3, -0.25) is 0 Å². The fourth-order valence-electron chi connectivity index (χ4n) is 1.64. The zero-order valence-electron chi connectivity index (χ0n) is 8.11. The van der Waals surface area contributed by atoms with Crippen molar-refractivity contribution in [3.8, 4) is 0 Å². The zero-order valence-corrected chi connectivity index (χ0v) is 9.68. The minimum Gasteiger partial charge on any atom is -0.351 e. The maximum atomic E-state index is 5.92. The number of hydrogen-bond donors (Lipinski definition) is 0. The normalized spacial score (nSPS) is 18.9. The average molecular weight is 233 g/mol. The molecule has 6 heteroatoms. The van der Waals surface area contributed by atoms with Gasteiger partial charge in [0.05, 0.1) is 11.7 Å². The molecular formula is C8H13ClN4S. The maximum Gasteiger partial charge on any atom is 0.187 e. The Labute approximate surface area is 92.8 Å². The second-order valence-electron chi connectivity index (χ2n) is 3.30. The minimum absolute atomic E-state index is 0.542. The molecule has 4 nitrogen and oxygen atoms in total. The van der Waals surface area contributed by atoms with Gasteiger partial charge in [-0.25, -0.2) is 0 Å². The fraction of sp³-hybridized carbons (Fsp3) is 0.750. The molecule has 0 aromatic carbocycles. The molecule has 2 rings (SSSR count). The van der Waals surface area contributed by atoms with Crippen LogP contribution in [0.2, 0.25) is 5.15 Å². The summed E-state index contributed by atoms with van der Waals surface area (Å²) in [5.74, 6) is 0.854. The van der Waals surface area contributed by atoms with Gasteiger partial charge in [0.25, 0.3) is 0 Å². The van der Waals surface area contributed by atoms with Crippen molar-refractivity contribution in [2.45, 2.75) is 6.92 Å². The summed E-state index contributed by atoms with van der Waals surface area (Å²) < 4.78 is 8.17. The highest BCUT2D eigenvalue weighted by molar-refractivity contribution is 6.99. The lowest BCUT2D eigenvalue weighted by atomic mass is 10.3. The second kappa shape index (κ2) is 4.42. The molecule has 0 bridgehead atoms. The number of halogens is 1. The smallest absolute Gasteiger partial charge is 0.187 e. The molecular weight excluding hydrogens is 220 g/mol. The van der Waals surface area contributed by atoms with E-state index in [9.17, 15) is 0 Å². The second-order valence-corrected chi connectivity index (χ2v) is 4.19. The van der Waals surface area contributed by atoms with Gasteiger partial charge in [0.15, 0.2) is 11.0 Å². The monoisotopic (exact) mass is 232 g/mol. The number of hydrogen-bond acceptors (Lipinski definition) is 5. The van der Waals surface area contributed by atoms with E-state index >= 15 is 0 Å². The largest absolute Gasteiger partial charge is 0.351 e. The topological polar surface area (TPSA) is 32.3 Å². The molecule has 1 aliphatic heterocycles. The first-order chi connectivity index (χ1) is 6.81. The molecule has 1 aromatic heterocycles. The van der Waals surface area contributed by atoms with Crippen molar-refractivity contribution in [1.82, 2.24) is 13.6 Å². The van der Waals surface area contributed by atoms with Gasteiger partial charge in [0.2, 0.25) is 0 Å². The van der Waals surface area contributed by atoms with Gasteiger partial charge in [-0.2, -0.15) is 8.75 Å². The van der Waals surface area contributed by atoms with E-state index in [4.69, 9.17) is 11.6 Å². The number of likely N-dealkylation sites (N-methyl/N-ethyl adjacent to an activating group) is 1. The number of nitrogens with zero attached hydrogens (tertiary/aromatic N) is 4. The molecule has 1 aliphatic rings. The summed E-state index contributed by atoms with van der Waals surface area (Å²) in [4.78, 5) is 4.63. The molecule has 0 aliphatic carbocycles. The van der Waals surface area contributed by atoms with Gasteiger partial charge in [-0.15, -0.1) is 0 Å². The lowest BCUT2D eigenvalue weighted by Gasteiger charge is -2.33. The van der Waals surface area contributed by atoms with Crippen LogP contribution in [-0.2, 0) is 0 Å². The molecule has 1 fully saturated rings. The Morgan fingerprint density at radius 1 is 1.29 bits per heavy atom. The summed E-state index contributed by atoms with van der Waals surface area (Å²) in [7, 11) is 0. The van der Waals surface area contributed by atoms with Crippen molar-refractivity contribution < 1.29 is 0 Å². The third-order valence-electron chi connectivity index (χ3n) is 2.55. The summed E-state index contributed by atoms with van der Waals surface area (Å²) in [5.41, 5.74) is 0. The molecule has 0 N–H and O–H groups in total. The van der Waals surface area contributed by atoms with Gasteiger partial charge in [-0.1, -0.05) is 18.5 Å².